The zero-order chi connectivity index (χ0) is 20.1. The molecule has 0 heterocycles. The summed E-state index contributed by atoms with van der Waals surface area (Å²) in [6, 6.07) is 4.23. The third-order valence-electron chi connectivity index (χ3n) is 3.89. The molecule has 6 heteroatoms. The molecule has 0 aromatic heterocycles. The lowest BCUT2D eigenvalue weighted by Crippen LogP contribution is -2.17. The van der Waals surface area contributed by atoms with Crippen LogP contribution in [0.2, 0.25) is 0 Å². The Balaban J connectivity index is 3.01. The first kappa shape index (κ1) is 22.7. The van der Waals surface area contributed by atoms with Gasteiger partial charge >= 0.3 is 17.9 Å². The Morgan fingerprint density at radius 3 is 1.59 bits per heavy atom. The number of carbonyl (C=O) groups is 3. The monoisotopic (exact) mass is 378 g/mol. The first-order valence-electron chi connectivity index (χ1n) is 9.70. The normalized spacial score (nSPS) is 10.3. The smallest absolute Gasteiger partial charge is 0.339 e. The summed E-state index contributed by atoms with van der Waals surface area (Å²) < 4.78 is 15.6. The number of benzene rings is 1. The summed E-state index contributed by atoms with van der Waals surface area (Å²) in [5.74, 6) is -1.78. The van der Waals surface area contributed by atoms with E-state index < -0.39 is 17.9 Å². The predicted molar refractivity (Wildman–Crippen MR) is 102 cm³/mol. The average molecular weight is 378 g/mol. The highest BCUT2D eigenvalue weighted by Crippen LogP contribution is 2.17. The molecular weight excluding hydrogens is 348 g/mol. The second-order valence-electron chi connectivity index (χ2n) is 6.23. The molecule has 150 valence electrons. The van der Waals surface area contributed by atoms with E-state index in [1.165, 1.54) is 18.2 Å². The second-order valence-corrected chi connectivity index (χ2v) is 6.23. The molecule has 1 rings (SSSR count). The van der Waals surface area contributed by atoms with Gasteiger partial charge in [-0.3, -0.25) is 0 Å². The molecule has 0 atom stereocenters. The van der Waals surface area contributed by atoms with Gasteiger partial charge in [-0.2, -0.15) is 0 Å². The van der Waals surface area contributed by atoms with Crippen molar-refractivity contribution in [3.05, 3.63) is 34.9 Å². The van der Waals surface area contributed by atoms with E-state index >= 15 is 0 Å². The number of hydrogen-bond donors (Lipinski definition) is 0. The summed E-state index contributed by atoms with van der Waals surface area (Å²) in [4.78, 5) is 36.9. The molecule has 0 aliphatic heterocycles. The fourth-order valence-electron chi connectivity index (χ4n) is 2.18. The quantitative estimate of drug-likeness (QED) is 0.301. The van der Waals surface area contributed by atoms with Crippen molar-refractivity contribution in [1.29, 1.82) is 0 Å². The zero-order valence-electron chi connectivity index (χ0n) is 16.5. The molecule has 0 saturated carbocycles. The van der Waals surface area contributed by atoms with Crippen LogP contribution in [0.1, 0.15) is 90.4 Å². The minimum Gasteiger partial charge on any atom is -0.462 e. The minimum atomic E-state index is -0.644. The molecule has 0 saturated heterocycles. The Morgan fingerprint density at radius 1 is 0.667 bits per heavy atom. The number of ether oxygens (including phenoxy) is 3. The molecule has 27 heavy (non-hydrogen) atoms. The van der Waals surface area contributed by atoms with Crippen LogP contribution in [0.5, 0.6) is 0 Å². The lowest BCUT2D eigenvalue weighted by molar-refractivity contribution is 0.0450. The van der Waals surface area contributed by atoms with Crippen LogP contribution in [0, 0.1) is 0 Å². The highest BCUT2D eigenvalue weighted by atomic mass is 16.5. The zero-order valence-corrected chi connectivity index (χ0v) is 16.5. The van der Waals surface area contributed by atoms with E-state index in [0.717, 1.165) is 38.5 Å². The average Bonchev–Trinajstić information content (AvgIpc) is 2.67. The molecule has 0 radical (unpaired) electrons. The lowest BCUT2D eigenvalue weighted by Gasteiger charge is -2.11. The molecule has 0 amide bonds. The Hall–Kier alpha value is -2.37. The SMILES string of the molecule is CCCCOC(=O)c1ccc(C(=O)OCCCC)c(C(=O)OCCCC)c1. The van der Waals surface area contributed by atoms with Gasteiger partial charge in [0, 0.05) is 0 Å². The van der Waals surface area contributed by atoms with Gasteiger partial charge in [0.15, 0.2) is 0 Å². The number of unbranched alkanes of at least 4 members (excludes halogenated alkanes) is 3. The van der Waals surface area contributed by atoms with E-state index in [2.05, 4.69) is 0 Å². The van der Waals surface area contributed by atoms with Gasteiger partial charge in [0.1, 0.15) is 0 Å². The van der Waals surface area contributed by atoms with Crippen molar-refractivity contribution in [1.82, 2.24) is 0 Å². The van der Waals surface area contributed by atoms with E-state index in [1.807, 2.05) is 20.8 Å². The fraction of sp³-hybridized carbons (Fsp3) is 0.571. The molecule has 0 aliphatic carbocycles. The summed E-state index contributed by atoms with van der Waals surface area (Å²) in [7, 11) is 0. The summed E-state index contributed by atoms with van der Waals surface area (Å²) in [5.41, 5.74) is 0.328. The maximum atomic E-state index is 12.4. The Kier molecular flexibility index (Phi) is 10.8. The van der Waals surface area contributed by atoms with E-state index in [1.54, 1.807) is 0 Å². The van der Waals surface area contributed by atoms with E-state index in [4.69, 9.17) is 14.2 Å². The molecule has 0 bridgehead atoms. The van der Waals surface area contributed by atoms with Gasteiger partial charge in [0.2, 0.25) is 0 Å². The molecule has 1 aromatic carbocycles. The third kappa shape index (κ3) is 7.81. The van der Waals surface area contributed by atoms with E-state index in [9.17, 15) is 14.4 Å². The molecule has 0 fully saturated rings. The van der Waals surface area contributed by atoms with Crippen LogP contribution < -0.4 is 0 Å². The van der Waals surface area contributed by atoms with Crippen LogP contribution >= 0.6 is 0 Å². The summed E-state index contributed by atoms with van der Waals surface area (Å²) in [6.45, 7) is 6.81. The van der Waals surface area contributed by atoms with E-state index in [-0.39, 0.29) is 29.9 Å². The number of carbonyl (C=O) groups excluding carboxylic acids is 3. The number of esters is 3. The summed E-state index contributed by atoms with van der Waals surface area (Å²) in [6.07, 6.45) is 4.90. The van der Waals surface area contributed by atoms with Gasteiger partial charge in [-0.1, -0.05) is 40.0 Å². The topological polar surface area (TPSA) is 78.9 Å². The molecule has 0 aliphatic rings. The molecular formula is C21H30O6. The lowest BCUT2D eigenvalue weighted by atomic mass is 10.0. The van der Waals surface area contributed by atoms with Gasteiger partial charge in [-0.25, -0.2) is 14.4 Å². The Bertz CT molecular complexity index is 623. The highest BCUT2D eigenvalue weighted by molar-refractivity contribution is 6.05. The first-order chi connectivity index (χ1) is 13.0. The predicted octanol–water partition coefficient (Wildman–Crippen LogP) is 4.56. The van der Waals surface area contributed by atoms with Gasteiger partial charge in [0.05, 0.1) is 36.5 Å². The third-order valence-corrected chi connectivity index (χ3v) is 3.89. The van der Waals surface area contributed by atoms with Crippen molar-refractivity contribution < 1.29 is 28.6 Å². The van der Waals surface area contributed by atoms with E-state index in [0.29, 0.717) is 6.61 Å². The van der Waals surface area contributed by atoms with Crippen molar-refractivity contribution in [2.75, 3.05) is 19.8 Å². The summed E-state index contributed by atoms with van der Waals surface area (Å²) >= 11 is 0. The van der Waals surface area contributed by atoms with Crippen molar-refractivity contribution in [3.63, 3.8) is 0 Å². The van der Waals surface area contributed by atoms with Crippen molar-refractivity contribution in [2.24, 2.45) is 0 Å². The van der Waals surface area contributed by atoms with Crippen molar-refractivity contribution in [2.45, 2.75) is 59.3 Å². The van der Waals surface area contributed by atoms with Crippen LogP contribution in [0.4, 0.5) is 0 Å². The van der Waals surface area contributed by atoms with Crippen LogP contribution in [0.15, 0.2) is 18.2 Å². The van der Waals surface area contributed by atoms with Crippen molar-refractivity contribution >= 4 is 17.9 Å². The molecule has 1 aromatic rings. The van der Waals surface area contributed by atoms with Gasteiger partial charge in [0.25, 0.3) is 0 Å². The first-order valence-corrected chi connectivity index (χ1v) is 9.70. The maximum absolute atomic E-state index is 12.4. The van der Waals surface area contributed by atoms with Crippen LogP contribution in [0.3, 0.4) is 0 Å². The van der Waals surface area contributed by atoms with Crippen LogP contribution in [-0.4, -0.2) is 37.7 Å². The maximum Gasteiger partial charge on any atom is 0.339 e. The highest BCUT2D eigenvalue weighted by Gasteiger charge is 2.22. The second kappa shape index (κ2) is 12.9. The standard InChI is InChI=1S/C21H30O6/c1-4-7-12-25-19(22)16-10-11-17(20(23)26-13-8-5-2)18(15-16)21(24)27-14-9-6-3/h10-11,15H,4-9,12-14H2,1-3H3. The molecule has 0 unspecified atom stereocenters. The van der Waals surface area contributed by atoms with Gasteiger partial charge in [-0.05, 0) is 37.5 Å². The fourth-order valence-corrected chi connectivity index (χ4v) is 2.18. The molecule has 0 spiro atoms. The molecule has 6 nitrogen and oxygen atoms in total. The minimum absolute atomic E-state index is 0.0255. The Labute approximate surface area is 161 Å². The molecule has 0 N–H and O–H groups in total. The summed E-state index contributed by atoms with van der Waals surface area (Å²) in [5, 5.41) is 0. The van der Waals surface area contributed by atoms with Gasteiger partial charge in [-0.15, -0.1) is 0 Å². The van der Waals surface area contributed by atoms with Gasteiger partial charge < -0.3 is 14.2 Å². The largest absolute Gasteiger partial charge is 0.462 e. The Morgan fingerprint density at radius 2 is 1.11 bits per heavy atom. The van der Waals surface area contributed by atoms with Crippen LogP contribution in [-0.2, 0) is 14.2 Å². The van der Waals surface area contributed by atoms with Crippen LogP contribution in [0.25, 0.3) is 0 Å². The number of hydrogen-bond acceptors (Lipinski definition) is 6. The number of rotatable bonds is 12. The van der Waals surface area contributed by atoms with Crippen molar-refractivity contribution in [3.8, 4) is 0 Å².